The minimum absolute atomic E-state index is 0.214. The Bertz CT molecular complexity index is 1020. The smallest absolute Gasteiger partial charge is 0.316 e. The third-order valence-corrected chi connectivity index (χ3v) is 4.47. The molecule has 0 bridgehead atoms. The van der Waals surface area contributed by atoms with Crippen LogP contribution in [-0.4, -0.2) is 16.9 Å². The number of nitrogens with zero attached hydrogens (tertiary/aromatic N) is 1. The molecule has 0 aliphatic rings. The van der Waals surface area contributed by atoms with Crippen molar-refractivity contribution in [1.82, 2.24) is 10.3 Å². The number of halogens is 1. The number of aryl methyl sites for hydroxylation is 1. The molecule has 2 aromatic carbocycles. The van der Waals surface area contributed by atoms with Crippen molar-refractivity contribution in [2.24, 2.45) is 5.73 Å². The van der Waals surface area contributed by atoms with Crippen molar-refractivity contribution in [2.45, 2.75) is 19.9 Å². The molecule has 3 aromatic rings. The normalized spacial score (nSPS) is 11.8. The monoisotopic (exact) mass is 382 g/mol. The molecule has 0 spiro atoms. The molecule has 6 nitrogen and oxygen atoms in total. The zero-order valence-corrected chi connectivity index (χ0v) is 15.7. The molecule has 0 aliphatic carbocycles. The average molecular weight is 383 g/mol. The number of fused-ring (bicyclic) bond motifs is 1. The molecule has 138 valence electrons. The Balaban J connectivity index is 1.79. The first-order valence-corrected chi connectivity index (χ1v) is 8.75. The first kappa shape index (κ1) is 18.7. The average Bonchev–Trinajstić information content (AvgIpc) is 2.61. The maximum absolute atomic E-state index is 12.7. The van der Waals surface area contributed by atoms with E-state index in [-0.39, 0.29) is 11.9 Å². The lowest BCUT2D eigenvalue weighted by molar-refractivity contribution is 0.0939. The predicted molar refractivity (Wildman–Crippen MR) is 107 cm³/mol. The Hall–Kier alpha value is -3.12. The van der Waals surface area contributed by atoms with E-state index in [0.717, 1.165) is 16.5 Å². The molecule has 0 aliphatic heterocycles. The van der Waals surface area contributed by atoms with E-state index in [4.69, 9.17) is 17.3 Å². The summed E-state index contributed by atoms with van der Waals surface area (Å²) in [6, 6.07) is 13.4. The van der Waals surface area contributed by atoms with E-state index >= 15 is 0 Å². The van der Waals surface area contributed by atoms with Gasteiger partial charge >= 0.3 is 6.03 Å². The summed E-state index contributed by atoms with van der Waals surface area (Å²) in [4.78, 5) is 28.1. The number of nitrogens with two attached hydrogens (primary N) is 1. The fourth-order valence-corrected chi connectivity index (χ4v) is 3.01. The van der Waals surface area contributed by atoms with Gasteiger partial charge in [-0.2, -0.15) is 0 Å². The van der Waals surface area contributed by atoms with Crippen LogP contribution in [0.1, 0.15) is 34.6 Å². The number of benzene rings is 2. The minimum Gasteiger partial charge on any atom is -0.351 e. The molecular formula is C20H19ClN4O2. The maximum Gasteiger partial charge on any atom is 0.316 e. The fourth-order valence-electron chi connectivity index (χ4n) is 2.83. The Kier molecular flexibility index (Phi) is 5.28. The molecule has 1 heterocycles. The zero-order chi connectivity index (χ0) is 19.6. The highest BCUT2D eigenvalue weighted by atomic mass is 35.5. The molecule has 7 heteroatoms. The Morgan fingerprint density at radius 2 is 1.81 bits per heavy atom. The van der Waals surface area contributed by atoms with Gasteiger partial charge in [-0.15, -0.1) is 0 Å². The first-order chi connectivity index (χ1) is 12.8. The van der Waals surface area contributed by atoms with Crippen LogP contribution in [0.5, 0.6) is 0 Å². The Morgan fingerprint density at radius 3 is 2.48 bits per heavy atom. The lowest BCUT2D eigenvalue weighted by atomic mass is 10.1. The summed E-state index contributed by atoms with van der Waals surface area (Å²) in [5, 5.41) is 6.88. The van der Waals surface area contributed by atoms with Crippen molar-refractivity contribution in [2.75, 3.05) is 5.32 Å². The SMILES string of the molecule is Cc1nc2ccc(Cl)cc2cc1C(=O)NC(C)c1ccc(NC(N)=O)cc1. The van der Waals surface area contributed by atoms with Crippen molar-refractivity contribution in [3.8, 4) is 0 Å². The van der Waals surface area contributed by atoms with E-state index in [0.29, 0.717) is 22.0 Å². The summed E-state index contributed by atoms with van der Waals surface area (Å²) in [5.74, 6) is -0.214. The van der Waals surface area contributed by atoms with Crippen molar-refractivity contribution in [3.63, 3.8) is 0 Å². The summed E-state index contributed by atoms with van der Waals surface area (Å²) in [7, 11) is 0. The van der Waals surface area contributed by atoms with Crippen LogP contribution in [0.25, 0.3) is 10.9 Å². The highest BCUT2D eigenvalue weighted by molar-refractivity contribution is 6.31. The van der Waals surface area contributed by atoms with Gasteiger partial charge in [-0.1, -0.05) is 23.7 Å². The van der Waals surface area contributed by atoms with Gasteiger partial charge < -0.3 is 16.4 Å². The lowest BCUT2D eigenvalue weighted by Gasteiger charge is -2.16. The molecule has 0 fully saturated rings. The van der Waals surface area contributed by atoms with E-state index in [9.17, 15) is 9.59 Å². The number of hydrogen-bond donors (Lipinski definition) is 3. The van der Waals surface area contributed by atoms with Crippen LogP contribution in [0.4, 0.5) is 10.5 Å². The molecule has 0 saturated heterocycles. The van der Waals surface area contributed by atoms with Crippen molar-refractivity contribution < 1.29 is 9.59 Å². The van der Waals surface area contributed by atoms with Gasteiger partial charge in [0.25, 0.3) is 5.91 Å². The molecule has 1 unspecified atom stereocenters. The number of carbonyl (C=O) groups excluding carboxylic acids is 2. The third-order valence-electron chi connectivity index (χ3n) is 4.24. The molecule has 0 saturated carbocycles. The van der Waals surface area contributed by atoms with Crippen LogP contribution in [0.2, 0.25) is 5.02 Å². The molecule has 3 rings (SSSR count). The van der Waals surface area contributed by atoms with Crippen LogP contribution in [-0.2, 0) is 0 Å². The van der Waals surface area contributed by atoms with E-state index in [1.54, 1.807) is 37.3 Å². The number of amides is 3. The lowest BCUT2D eigenvalue weighted by Crippen LogP contribution is -2.27. The highest BCUT2D eigenvalue weighted by Crippen LogP contribution is 2.22. The quantitative estimate of drug-likeness (QED) is 0.631. The fraction of sp³-hybridized carbons (Fsp3) is 0.150. The van der Waals surface area contributed by atoms with Gasteiger partial charge in [0.1, 0.15) is 0 Å². The van der Waals surface area contributed by atoms with Gasteiger partial charge in [-0.25, -0.2) is 4.79 Å². The standard InChI is InChI=1S/C20H19ClN4O2/c1-11(13-3-6-16(7-4-13)25-20(22)27)24-19(26)17-10-14-9-15(21)5-8-18(14)23-12(17)2/h3-11H,1-2H3,(H,24,26)(H3,22,25,27). The van der Waals surface area contributed by atoms with Gasteiger partial charge in [0.15, 0.2) is 0 Å². The van der Waals surface area contributed by atoms with E-state index in [2.05, 4.69) is 15.6 Å². The Morgan fingerprint density at radius 1 is 1.11 bits per heavy atom. The number of nitrogens with one attached hydrogen (secondary N) is 2. The zero-order valence-electron chi connectivity index (χ0n) is 14.9. The number of primary amides is 1. The minimum atomic E-state index is -0.622. The Labute approximate surface area is 161 Å². The van der Waals surface area contributed by atoms with Crippen LogP contribution in [0, 0.1) is 6.92 Å². The number of aromatic nitrogens is 1. The molecule has 4 N–H and O–H groups in total. The second-order valence-corrected chi connectivity index (χ2v) is 6.70. The topological polar surface area (TPSA) is 97.1 Å². The number of hydrogen-bond acceptors (Lipinski definition) is 3. The first-order valence-electron chi connectivity index (χ1n) is 8.37. The van der Waals surface area contributed by atoms with Gasteiger partial charge in [0, 0.05) is 16.1 Å². The van der Waals surface area contributed by atoms with Crippen LogP contribution < -0.4 is 16.4 Å². The van der Waals surface area contributed by atoms with E-state index in [1.807, 2.05) is 25.1 Å². The van der Waals surface area contributed by atoms with Gasteiger partial charge in [0.2, 0.25) is 0 Å². The van der Waals surface area contributed by atoms with Crippen LogP contribution >= 0.6 is 11.6 Å². The van der Waals surface area contributed by atoms with Crippen molar-refractivity contribution in [1.29, 1.82) is 0 Å². The van der Waals surface area contributed by atoms with Crippen molar-refractivity contribution in [3.05, 3.63) is 70.4 Å². The van der Waals surface area contributed by atoms with Gasteiger partial charge in [0.05, 0.1) is 22.8 Å². The molecule has 1 aromatic heterocycles. The van der Waals surface area contributed by atoms with E-state index in [1.165, 1.54) is 0 Å². The molecular weight excluding hydrogens is 364 g/mol. The molecule has 1 atom stereocenters. The largest absolute Gasteiger partial charge is 0.351 e. The summed E-state index contributed by atoms with van der Waals surface area (Å²) in [6.07, 6.45) is 0. The summed E-state index contributed by atoms with van der Waals surface area (Å²) in [6.45, 7) is 3.69. The summed E-state index contributed by atoms with van der Waals surface area (Å²) >= 11 is 6.04. The maximum atomic E-state index is 12.7. The molecule has 27 heavy (non-hydrogen) atoms. The highest BCUT2D eigenvalue weighted by Gasteiger charge is 2.15. The number of anilines is 1. The van der Waals surface area contributed by atoms with Gasteiger partial charge in [-0.3, -0.25) is 9.78 Å². The number of urea groups is 1. The molecule has 0 radical (unpaired) electrons. The second-order valence-electron chi connectivity index (χ2n) is 6.26. The van der Waals surface area contributed by atoms with Crippen LogP contribution in [0.15, 0.2) is 48.5 Å². The number of pyridine rings is 1. The van der Waals surface area contributed by atoms with Gasteiger partial charge in [-0.05, 0) is 55.8 Å². The summed E-state index contributed by atoms with van der Waals surface area (Å²) < 4.78 is 0. The van der Waals surface area contributed by atoms with E-state index < -0.39 is 6.03 Å². The summed E-state index contributed by atoms with van der Waals surface area (Å²) in [5.41, 5.74) is 8.53. The second kappa shape index (κ2) is 7.63. The predicted octanol–water partition coefficient (Wildman–Crippen LogP) is 4.18. The number of rotatable bonds is 4. The molecule has 3 amide bonds. The third kappa shape index (κ3) is 4.35. The van der Waals surface area contributed by atoms with Crippen molar-refractivity contribution >= 4 is 40.1 Å². The number of carbonyl (C=O) groups is 2. The van der Waals surface area contributed by atoms with Crippen LogP contribution in [0.3, 0.4) is 0 Å².